The van der Waals surface area contributed by atoms with E-state index in [2.05, 4.69) is 21.9 Å². The van der Waals surface area contributed by atoms with Gasteiger partial charge in [0.15, 0.2) is 0 Å². The van der Waals surface area contributed by atoms with Crippen molar-refractivity contribution in [3.05, 3.63) is 27.1 Å². The van der Waals surface area contributed by atoms with E-state index >= 15 is 0 Å². The minimum Gasteiger partial charge on any atom is -0.493 e. The van der Waals surface area contributed by atoms with Crippen molar-refractivity contribution in [3.8, 4) is 23.8 Å². The highest BCUT2D eigenvalue weighted by Gasteiger charge is 2.34. The van der Waals surface area contributed by atoms with Crippen LogP contribution in [0.25, 0.3) is 6.08 Å². The molecule has 1 fully saturated rings. The molecule has 0 aromatic heterocycles. The smallest absolute Gasteiger partial charge is 0.294 e. The van der Waals surface area contributed by atoms with E-state index in [1.807, 2.05) is 13.8 Å². The number of hydrogen-bond acceptors (Lipinski definition) is 5. The zero-order chi connectivity index (χ0) is 17.7. The molecular weight excluding hydrogens is 394 g/mol. The summed E-state index contributed by atoms with van der Waals surface area (Å²) in [5.74, 6) is 3.15. The van der Waals surface area contributed by atoms with Crippen molar-refractivity contribution in [2.45, 2.75) is 13.8 Å². The lowest BCUT2D eigenvalue weighted by atomic mass is 10.1. The molecule has 2 rings (SSSR count). The molecule has 1 saturated heterocycles. The zero-order valence-corrected chi connectivity index (χ0v) is 15.7. The number of rotatable bonds is 6. The number of nitrogens with zero attached hydrogens (tertiary/aromatic N) is 1. The number of amides is 2. The van der Waals surface area contributed by atoms with E-state index in [0.717, 1.165) is 21.1 Å². The third-order valence-corrected chi connectivity index (χ3v) is 4.60. The van der Waals surface area contributed by atoms with Crippen LogP contribution in [0.4, 0.5) is 4.79 Å². The standard InChI is InChI=1S/C17H16BrNO4S/c1-4-7-19-16(20)15(24-17(19)21)9-11-8-12(18)14(23-6-3)10-13(11)22-5-2/h1,8-10H,5-7H2,2-3H3/b15-9-. The Kier molecular flexibility index (Phi) is 6.35. The van der Waals surface area contributed by atoms with Gasteiger partial charge in [-0.2, -0.15) is 0 Å². The Balaban J connectivity index is 2.41. The van der Waals surface area contributed by atoms with Gasteiger partial charge in [-0.15, -0.1) is 6.42 Å². The normalized spacial score (nSPS) is 15.8. The van der Waals surface area contributed by atoms with Crippen LogP contribution in [-0.2, 0) is 4.79 Å². The fourth-order valence-corrected chi connectivity index (χ4v) is 3.38. The zero-order valence-electron chi connectivity index (χ0n) is 13.3. The van der Waals surface area contributed by atoms with Gasteiger partial charge >= 0.3 is 0 Å². The van der Waals surface area contributed by atoms with E-state index in [1.165, 1.54) is 0 Å². The third kappa shape index (κ3) is 3.94. The van der Waals surface area contributed by atoms with Crippen molar-refractivity contribution in [2.75, 3.05) is 19.8 Å². The molecule has 1 aromatic carbocycles. The van der Waals surface area contributed by atoms with Gasteiger partial charge < -0.3 is 9.47 Å². The number of imide groups is 1. The molecule has 1 aliphatic rings. The van der Waals surface area contributed by atoms with Crippen molar-refractivity contribution in [3.63, 3.8) is 0 Å². The first-order valence-electron chi connectivity index (χ1n) is 7.29. The Labute approximate surface area is 153 Å². The lowest BCUT2D eigenvalue weighted by Crippen LogP contribution is -2.28. The van der Waals surface area contributed by atoms with Gasteiger partial charge in [0.05, 0.1) is 29.1 Å². The molecule has 0 atom stereocenters. The van der Waals surface area contributed by atoms with Crippen LogP contribution >= 0.6 is 27.7 Å². The summed E-state index contributed by atoms with van der Waals surface area (Å²) < 4.78 is 11.9. The van der Waals surface area contributed by atoms with Gasteiger partial charge in [-0.1, -0.05) is 5.92 Å². The lowest BCUT2D eigenvalue weighted by Gasteiger charge is -2.12. The summed E-state index contributed by atoms with van der Waals surface area (Å²) in [6, 6.07) is 3.56. The summed E-state index contributed by atoms with van der Waals surface area (Å²) in [6.07, 6.45) is 6.83. The van der Waals surface area contributed by atoms with Crippen LogP contribution in [0.1, 0.15) is 19.4 Å². The van der Waals surface area contributed by atoms with Crippen LogP contribution in [0.5, 0.6) is 11.5 Å². The van der Waals surface area contributed by atoms with E-state index in [9.17, 15) is 9.59 Å². The van der Waals surface area contributed by atoms with Gasteiger partial charge in [-0.25, -0.2) is 0 Å². The van der Waals surface area contributed by atoms with Crippen molar-refractivity contribution in [1.29, 1.82) is 0 Å². The molecule has 1 aliphatic heterocycles. The minimum atomic E-state index is -0.393. The van der Waals surface area contributed by atoms with Crippen LogP contribution in [0.3, 0.4) is 0 Å². The van der Waals surface area contributed by atoms with Crippen LogP contribution in [0.2, 0.25) is 0 Å². The van der Waals surface area contributed by atoms with Crippen LogP contribution in [0, 0.1) is 12.3 Å². The molecule has 24 heavy (non-hydrogen) atoms. The molecule has 0 unspecified atom stereocenters. The summed E-state index contributed by atoms with van der Waals surface area (Å²) in [4.78, 5) is 25.5. The molecule has 0 radical (unpaired) electrons. The Bertz CT molecular complexity index is 739. The number of hydrogen-bond donors (Lipinski definition) is 0. The number of ether oxygens (including phenoxy) is 2. The van der Waals surface area contributed by atoms with Crippen molar-refractivity contribution in [1.82, 2.24) is 4.90 Å². The maximum Gasteiger partial charge on any atom is 0.294 e. The Morgan fingerprint density at radius 1 is 1.25 bits per heavy atom. The number of carbonyl (C=O) groups excluding carboxylic acids is 2. The topological polar surface area (TPSA) is 55.8 Å². The molecule has 7 heteroatoms. The average molecular weight is 410 g/mol. The lowest BCUT2D eigenvalue weighted by molar-refractivity contribution is -0.122. The summed E-state index contributed by atoms with van der Waals surface area (Å²) in [5, 5.41) is -0.368. The summed E-state index contributed by atoms with van der Waals surface area (Å²) in [6.45, 7) is 4.71. The van der Waals surface area contributed by atoms with E-state index in [1.54, 1.807) is 18.2 Å². The SMILES string of the molecule is C#CCN1C(=O)S/C(=C\c2cc(Br)c(OCC)cc2OCC)C1=O. The first-order valence-corrected chi connectivity index (χ1v) is 8.90. The maximum absolute atomic E-state index is 12.3. The Morgan fingerprint density at radius 3 is 2.54 bits per heavy atom. The van der Waals surface area contributed by atoms with Gasteiger partial charge in [0.1, 0.15) is 11.5 Å². The predicted molar refractivity (Wildman–Crippen MR) is 98.0 cm³/mol. The molecule has 0 spiro atoms. The molecule has 1 heterocycles. The summed E-state index contributed by atoms with van der Waals surface area (Å²) in [7, 11) is 0. The number of thioether (sulfide) groups is 1. The average Bonchev–Trinajstić information content (AvgIpc) is 2.80. The predicted octanol–water partition coefficient (Wildman–Crippen LogP) is 3.92. The molecule has 0 saturated carbocycles. The molecule has 126 valence electrons. The highest BCUT2D eigenvalue weighted by Crippen LogP contribution is 2.38. The highest BCUT2D eigenvalue weighted by atomic mass is 79.9. The van der Waals surface area contributed by atoms with Crippen molar-refractivity contribution >= 4 is 44.9 Å². The van der Waals surface area contributed by atoms with Gasteiger partial charge in [0, 0.05) is 11.6 Å². The Morgan fingerprint density at radius 2 is 1.92 bits per heavy atom. The molecular formula is C17H16BrNO4S. The van der Waals surface area contributed by atoms with Crippen LogP contribution in [0.15, 0.2) is 21.5 Å². The Hall–Kier alpha value is -1.91. The molecule has 5 nitrogen and oxygen atoms in total. The summed E-state index contributed by atoms with van der Waals surface area (Å²) >= 11 is 4.31. The minimum absolute atomic E-state index is 0.0344. The second kappa shape index (κ2) is 8.27. The van der Waals surface area contributed by atoms with Crippen molar-refractivity contribution < 1.29 is 19.1 Å². The van der Waals surface area contributed by atoms with Crippen molar-refractivity contribution in [2.24, 2.45) is 0 Å². The number of halogens is 1. The molecule has 2 amide bonds. The molecule has 0 N–H and O–H groups in total. The first-order chi connectivity index (χ1) is 11.5. The first kappa shape index (κ1) is 18.4. The van der Waals surface area contributed by atoms with E-state index < -0.39 is 5.91 Å². The number of terminal acetylenes is 1. The highest BCUT2D eigenvalue weighted by molar-refractivity contribution is 9.10. The van der Waals surface area contributed by atoms with Gasteiger partial charge in [-0.3, -0.25) is 14.5 Å². The second-order valence-corrected chi connectivity index (χ2v) is 6.51. The molecule has 1 aromatic rings. The van der Waals surface area contributed by atoms with Crippen LogP contribution < -0.4 is 9.47 Å². The summed E-state index contributed by atoms with van der Waals surface area (Å²) in [5.41, 5.74) is 0.679. The largest absolute Gasteiger partial charge is 0.493 e. The maximum atomic E-state index is 12.3. The number of carbonyl (C=O) groups is 2. The van der Waals surface area contributed by atoms with E-state index in [0.29, 0.717) is 35.2 Å². The second-order valence-electron chi connectivity index (χ2n) is 4.66. The van der Waals surface area contributed by atoms with Gasteiger partial charge in [0.25, 0.3) is 11.1 Å². The molecule has 0 bridgehead atoms. The third-order valence-electron chi connectivity index (χ3n) is 3.07. The van der Waals surface area contributed by atoms with E-state index in [4.69, 9.17) is 15.9 Å². The van der Waals surface area contributed by atoms with Gasteiger partial charge in [0.2, 0.25) is 0 Å². The number of benzene rings is 1. The monoisotopic (exact) mass is 409 g/mol. The van der Waals surface area contributed by atoms with E-state index in [-0.39, 0.29) is 11.8 Å². The fourth-order valence-electron chi connectivity index (χ4n) is 2.08. The van der Waals surface area contributed by atoms with Gasteiger partial charge in [-0.05, 0) is 53.7 Å². The quantitative estimate of drug-likeness (QED) is 0.526. The molecule has 0 aliphatic carbocycles. The van der Waals surface area contributed by atoms with Crippen LogP contribution in [-0.4, -0.2) is 35.8 Å². The fraction of sp³-hybridized carbons (Fsp3) is 0.294.